The number of benzene rings is 1. The molecule has 3 aromatic rings. The molecule has 1 saturated carbocycles. The second-order valence-electron chi connectivity index (χ2n) is 9.08. The van der Waals surface area contributed by atoms with E-state index in [1.165, 1.54) is 11.1 Å². The molecule has 2 aliphatic carbocycles. The molecule has 2 aromatic heterocycles. The number of fused-ring (bicyclic) bond motifs is 2. The fourth-order valence-corrected chi connectivity index (χ4v) is 5.58. The van der Waals surface area contributed by atoms with Crippen LogP contribution in [-0.4, -0.2) is 29.6 Å². The number of hydrogen-bond donors (Lipinski definition) is 2. The van der Waals surface area contributed by atoms with Crippen LogP contribution in [0, 0.1) is 5.41 Å². The third-order valence-electron chi connectivity index (χ3n) is 6.73. The summed E-state index contributed by atoms with van der Waals surface area (Å²) in [7, 11) is -3.93. The Balaban J connectivity index is 1.37. The van der Waals surface area contributed by atoms with E-state index in [9.17, 15) is 8.42 Å². The number of nitrogens with one attached hydrogen (secondary N) is 1. The van der Waals surface area contributed by atoms with Crippen LogP contribution in [0.25, 0.3) is 11.0 Å². The number of nitrogens with two attached hydrogens (primary N) is 1. The number of anilines is 1. The molecule has 8 nitrogen and oxygen atoms in total. The first-order chi connectivity index (χ1) is 14.8. The first-order valence-corrected chi connectivity index (χ1v) is 12.1. The summed E-state index contributed by atoms with van der Waals surface area (Å²) in [4.78, 5) is 9.10. The number of hydrogen-bond acceptors (Lipinski definition) is 6. The maximum absolute atomic E-state index is 11.2. The van der Waals surface area contributed by atoms with E-state index in [1.807, 2.05) is 6.92 Å². The zero-order valence-corrected chi connectivity index (χ0v) is 18.3. The molecule has 0 spiro atoms. The lowest BCUT2D eigenvalue weighted by molar-refractivity contribution is 0.169. The van der Waals surface area contributed by atoms with Crippen molar-refractivity contribution in [3.63, 3.8) is 0 Å². The third kappa shape index (κ3) is 4.05. The Bertz CT molecular complexity index is 1220. The van der Waals surface area contributed by atoms with Crippen molar-refractivity contribution in [3.8, 4) is 0 Å². The van der Waals surface area contributed by atoms with E-state index in [-0.39, 0.29) is 24.1 Å². The van der Waals surface area contributed by atoms with Gasteiger partial charge in [-0.05, 0) is 54.7 Å². The van der Waals surface area contributed by atoms with Gasteiger partial charge in [-0.2, -0.15) is 8.42 Å². The molecule has 3 atom stereocenters. The van der Waals surface area contributed by atoms with E-state index in [0.29, 0.717) is 0 Å². The maximum Gasteiger partial charge on any atom is 0.333 e. The molecule has 31 heavy (non-hydrogen) atoms. The molecule has 164 valence electrons. The van der Waals surface area contributed by atoms with Gasteiger partial charge in [0, 0.05) is 12.2 Å². The largest absolute Gasteiger partial charge is 0.363 e. The summed E-state index contributed by atoms with van der Waals surface area (Å²) in [6.07, 6.45) is 8.39. The first-order valence-electron chi connectivity index (χ1n) is 10.6. The van der Waals surface area contributed by atoms with Crippen LogP contribution in [-0.2, 0) is 20.9 Å². The summed E-state index contributed by atoms with van der Waals surface area (Å²) in [5.74, 6) is 0.851. The van der Waals surface area contributed by atoms with E-state index in [0.717, 1.165) is 49.0 Å². The van der Waals surface area contributed by atoms with Gasteiger partial charge in [-0.1, -0.05) is 31.2 Å². The monoisotopic (exact) mass is 441 g/mol. The molecule has 9 heteroatoms. The molecule has 2 heterocycles. The highest BCUT2D eigenvalue weighted by Gasteiger charge is 2.37. The Morgan fingerprint density at radius 3 is 2.94 bits per heavy atom. The third-order valence-corrected chi connectivity index (χ3v) is 7.17. The van der Waals surface area contributed by atoms with Gasteiger partial charge in [0.1, 0.15) is 17.8 Å². The maximum atomic E-state index is 11.2. The van der Waals surface area contributed by atoms with Gasteiger partial charge in [0.05, 0.1) is 18.0 Å². The molecule has 3 N–H and O–H groups in total. The second-order valence-corrected chi connectivity index (χ2v) is 10.3. The van der Waals surface area contributed by atoms with Crippen molar-refractivity contribution in [2.75, 3.05) is 11.9 Å². The van der Waals surface area contributed by atoms with E-state index in [4.69, 9.17) is 9.32 Å². The summed E-state index contributed by atoms with van der Waals surface area (Å²) in [6, 6.07) is 11.1. The topological polar surface area (TPSA) is 112 Å². The Morgan fingerprint density at radius 2 is 2.10 bits per heavy atom. The van der Waals surface area contributed by atoms with Crippen molar-refractivity contribution < 1.29 is 12.6 Å². The predicted octanol–water partition coefficient (Wildman–Crippen LogP) is 3.48. The fourth-order valence-electron chi connectivity index (χ4n) is 5.13. The molecule has 0 amide bonds. The summed E-state index contributed by atoms with van der Waals surface area (Å²) in [6.45, 7) is 2.15. The smallest absolute Gasteiger partial charge is 0.333 e. The minimum Gasteiger partial charge on any atom is -0.363 e. The molecular formula is C22H27N5O3S. The summed E-state index contributed by atoms with van der Waals surface area (Å²) in [5.41, 5.74) is 3.39. The van der Waals surface area contributed by atoms with Gasteiger partial charge >= 0.3 is 10.3 Å². The van der Waals surface area contributed by atoms with Crippen LogP contribution < -0.4 is 10.5 Å². The molecule has 0 unspecified atom stereocenters. The lowest BCUT2D eigenvalue weighted by Crippen LogP contribution is -2.26. The zero-order chi connectivity index (χ0) is 21.6. The Kier molecular flexibility index (Phi) is 4.99. The number of nitrogens with zero attached hydrogens (tertiary/aromatic N) is 3. The lowest BCUT2D eigenvalue weighted by atomic mass is 9.90. The van der Waals surface area contributed by atoms with E-state index in [2.05, 4.69) is 56.4 Å². The Hall–Kier alpha value is -2.49. The fraction of sp³-hybridized carbons (Fsp3) is 0.455. The van der Waals surface area contributed by atoms with Crippen molar-refractivity contribution in [2.24, 2.45) is 10.6 Å². The van der Waals surface area contributed by atoms with Gasteiger partial charge in [0.25, 0.3) is 0 Å². The highest BCUT2D eigenvalue weighted by atomic mass is 32.2. The van der Waals surface area contributed by atoms with Crippen LogP contribution in [0.15, 0.2) is 42.9 Å². The van der Waals surface area contributed by atoms with Crippen molar-refractivity contribution in [1.29, 1.82) is 0 Å². The molecule has 0 aliphatic heterocycles. The predicted molar refractivity (Wildman–Crippen MR) is 119 cm³/mol. The standard InChI is InChI=1S/C22H27N5O3S/c1-22(13-30-31(23,28)29)10-8-16(12-22)27-11-9-18-20(24-14-25-21(18)27)26-19-7-6-15-4-2-3-5-17(15)19/h2-5,9,11,14,16,19H,6-8,10,12-13H2,1H3,(H2,23,28,29)(H,24,25,26)/t16-,19+,22+/m1/s1. The number of aryl methyl sites for hydroxylation is 1. The number of rotatable bonds is 6. The molecule has 0 bridgehead atoms. The van der Waals surface area contributed by atoms with Gasteiger partial charge < -0.3 is 9.88 Å². The molecule has 0 radical (unpaired) electrons. The minimum atomic E-state index is -3.93. The SMILES string of the molecule is C[C@]1(COS(N)(=O)=O)CC[C@@H](n2ccc3c(N[C@H]4CCc5ccccc54)ncnc32)C1. The molecule has 5 rings (SSSR count). The van der Waals surface area contributed by atoms with Crippen molar-refractivity contribution in [1.82, 2.24) is 14.5 Å². The van der Waals surface area contributed by atoms with Crippen LogP contribution >= 0.6 is 0 Å². The normalized spacial score (nSPS) is 25.7. The summed E-state index contributed by atoms with van der Waals surface area (Å²) < 4.78 is 29.5. The highest BCUT2D eigenvalue weighted by Crippen LogP contribution is 2.45. The van der Waals surface area contributed by atoms with Gasteiger partial charge in [0.2, 0.25) is 0 Å². The Labute approximate surface area is 182 Å². The van der Waals surface area contributed by atoms with Gasteiger partial charge in [-0.3, -0.25) is 4.18 Å². The molecular weight excluding hydrogens is 414 g/mol. The van der Waals surface area contributed by atoms with Crippen molar-refractivity contribution >= 4 is 27.2 Å². The minimum absolute atomic E-state index is 0.102. The lowest BCUT2D eigenvalue weighted by Gasteiger charge is -2.23. The van der Waals surface area contributed by atoms with E-state index >= 15 is 0 Å². The van der Waals surface area contributed by atoms with Crippen LogP contribution in [0.1, 0.15) is 55.8 Å². The van der Waals surface area contributed by atoms with Crippen molar-refractivity contribution in [3.05, 3.63) is 54.0 Å². The van der Waals surface area contributed by atoms with Gasteiger partial charge in [-0.25, -0.2) is 15.1 Å². The van der Waals surface area contributed by atoms with E-state index < -0.39 is 10.3 Å². The second kappa shape index (κ2) is 7.58. The van der Waals surface area contributed by atoms with Crippen LogP contribution in [0.2, 0.25) is 0 Å². The quantitative estimate of drug-likeness (QED) is 0.606. The number of aromatic nitrogens is 3. The van der Waals surface area contributed by atoms with Gasteiger partial charge in [0.15, 0.2) is 0 Å². The summed E-state index contributed by atoms with van der Waals surface area (Å²) >= 11 is 0. The Morgan fingerprint density at radius 1 is 1.26 bits per heavy atom. The zero-order valence-electron chi connectivity index (χ0n) is 17.5. The molecule has 2 aliphatic rings. The average molecular weight is 442 g/mol. The van der Waals surface area contributed by atoms with E-state index in [1.54, 1.807) is 6.33 Å². The average Bonchev–Trinajstić information content (AvgIpc) is 3.44. The van der Waals surface area contributed by atoms with Crippen LogP contribution in [0.5, 0.6) is 0 Å². The van der Waals surface area contributed by atoms with Crippen LogP contribution in [0.3, 0.4) is 0 Å². The van der Waals surface area contributed by atoms with Crippen LogP contribution in [0.4, 0.5) is 5.82 Å². The first kappa shape index (κ1) is 20.4. The molecule has 0 saturated heterocycles. The van der Waals surface area contributed by atoms with Gasteiger partial charge in [-0.15, -0.1) is 0 Å². The highest BCUT2D eigenvalue weighted by molar-refractivity contribution is 7.84. The summed E-state index contributed by atoms with van der Waals surface area (Å²) in [5, 5.41) is 9.64. The van der Waals surface area contributed by atoms with Crippen molar-refractivity contribution in [2.45, 2.75) is 51.1 Å². The molecule has 1 fully saturated rings. The molecule has 1 aromatic carbocycles.